The Morgan fingerprint density at radius 3 is 1.67 bits per heavy atom. The maximum Gasteiger partial charge on any atom is 0.229 e. The second-order valence-corrected chi connectivity index (χ2v) is 12.8. The zero-order valence-corrected chi connectivity index (χ0v) is 27.5. The summed E-state index contributed by atoms with van der Waals surface area (Å²) in [4.78, 5) is 12.8. The second kappa shape index (κ2) is 11.5. The molecule has 0 amide bonds. The number of nitrogens with one attached hydrogen (secondary N) is 2. The Morgan fingerprint density at radius 2 is 1.02 bits per heavy atom. The number of H-pyrrole nitrogens is 1. The third-order valence-electron chi connectivity index (χ3n) is 9.79. The van der Waals surface area contributed by atoms with Gasteiger partial charge in [-0.2, -0.15) is 4.99 Å². The van der Waals surface area contributed by atoms with Crippen molar-refractivity contribution >= 4 is 60.4 Å². The van der Waals surface area contributed by atoms with Gasteiger partial charge < -0.3 is 14.1 Å². The minimum absolute atomic E-state index is 0.135. The van der Waals surface area contributed by atoms with Crippen molar-refractivity contribution < 1.29 is 0 Å². The smallest absolute Gasteiger partial charge is 0.229 e. The highest BCUT2D eigenvalue weighted by atomic mass is 15.0. The van der Waals surface area contributed by atoms with E-state index in [1.165, 1.54) is 27.1 Å². The molecule has 2 N–H and O–H groups in total. The number of hydrogen-bond acceptors (Lipinski definition) is 2. The molecule has 51 heavy (non-hydrogen) atoms. The average molecular weight is 655 g/mol. The van der Waals surface area contributed by atoms with Gasteiger partial charge in [0.2, 0.25) is 5.62 Å². The number of benzene rings is 7. The van der Waals surface area contributed by atoms with E-state index in [1.54, 1.807) is 0 Å². The van der Waals surface area contributed by atoms with Gasteiger partial charge in [-0.1, -0.05) is 103 Å². The van der Waals surface area contributed by atoms with Crippen LogP contribution in [0.25, 0.3) is 77.1 Å². The van der Waals surface area contributed by atoms with E-state index in [9.17, 15) is 0 Å². The van der Waals surface area contributed by atoms with Crippen LogP contribution in [0.15, 0.2) is 175 Å². The summed E-state index contributed by atoms with van der Waals surface area (Å²) in [7, 11) is 0. The third kappa shape index (κ3) is 4.69. The molecular weight excluding hydrogens is 625 g/mol. The summed E-state index contributed by atoms with van der Waals surface area (Å²) >= 11 is 0. The van der Waals surface area contributed by atoms with Crippen LogP contribution in [0.5, 0.6) is 0 Å². The number of aromatic nitrogens is 4. The van der Waals surface area contributed by atoms with E-state index in [-0.39, 0.29) is 5.84 Å². The molecule has 10 rings (SSSR count). The fourth-order valence-electron chi connectivity index (χ4n) is 7.49. The maximum atomic E-state index is 8.97. The highest BCUT2D eigenvalue weighted by molar-refractivity contribution is 6.19. The summed E-state index contributed by atoms with van der Waals surface area (Å²) in [6, 6.07) is 58.7. The largest absolute Gasteiger partial charge is 0.323 e. The van der Waals surface area contributed by atoms with E-state index in [2.05, 4.69) is 128 Å². The Kier molecular flexibility index (Phi) is 6.54. The van der Waals surface area contributed by atoms with Gasteiger partial charge in [0.1, 0.15) is 0 Å². The predicted molar refractivity (Wildman–Crippen MR) is 209 cm³/mol. The Morgan fingerprint density at radius 1 is 0.490 bits per heavy atom. The van der Waals surface area contributed by atoms with Crippen LogP contribution < -0.4 is 5.62 Å². The molecule has 0 fully saturated rings. The SMILES string of the molecule is N=C(N=c1nc(-c2ccccc2)c2ccccc2[nH]1)c1ccc(-n2c3ccccc3c3cc4c5ccccc5n(-c5ccccc5)c4cc32)cc1. The van der Waals surface area contributed by atoms with Crippen molar-refractivity contribution in [3.8, 4) is 22.6 Å². The number of hydrogen-bond donors (Lipinski definition) is 2. The van der Waals surface area contributed by atoms with Gasteiger partial charge in [-0.05, 0) is 66.7 Å². The molecule has 0 aliphatic rings. The molecule has 0 aliphatic heterocycles. The van der Waals surface area contributed by atoms with Gasteiger partial charge in [-0.3, -0.25) is 5.41 Å². The molecule has 3 heterocycles. The predicted octanol–water partition coefficient (Wildman–Crippen LogP) is 10.4. The fourth-order valence-corrected chi connectivity index (χ4v) is 7.49. The standard InChI is InChI=1S/C45H30N6/c46-44(49-45-47-38-20-10-7-19-35(38)43(48-45)29-13-3-1-4-14-29)30-23-25-32(26-24-30)51-40-22-12-9-18-34(40)37-27-36-33-17-8-11-21-39(33)50(41(36)28-42(37)51)31-15-5-2-6-16-31/h1-28H,(H2,46,47,48,49). The Bertz CT molecular complexity index is 3020. The molecule has 6 heteroatoms. The Balaban J connectivity index is 1.11. The van der Waals surface area contributed by atoms with Gasteiger partial charge in [0, 0.05) is 49.4 Å². The zero-order chi connectivity index (χ0) is 33.9. The molecule has 0 bridgehead atoms. The molecule has 0 spiro atoms. The molecule has 6 nitrogen and oxygen atoms in total. The van der Waals surface area contributed by atoms with Crippen molar-refractivity contribution in [3.63, 3.8) is 0 Å². The first-order valence-electron chi connectivity index (χ1n) is 17.0. The number of nitrogens with zero attached hydrogens (tertiary/aromatic N) is 4. The first-order chi connectivity index (χ1) is 25.2. The number of fused-ring (bicyclic) bond motifs is 7. The normalized spacial score (nSPS) is 12.1. The fraction of sp³-hybridized carbons (Fsp3) is 0. The van der Waals surface area contributed by atoms with Crippen LogP contribution >= 0.6 is 0 Å². The summed E-state index contributed by atoms with van der Waals surface area (Å²) in [6.07, 6.45) is 0. The van der Waals surface area contributed by atoms with E-state index in [0.717, 1.165) is 50.1 Å². The lowest BCUT2D eigenvalue weighted by molar-refractivity contribution is 1.05. The summed E-state index contributed by atoms with van der Waals surface area (Å²) < 4.78 is 4.69. The lowest BCUT2D eigenvalue weighted by Gasteiger charge is -2.10. The van der Waals surface area contributed by atoms with Crippen LogP contribution in [0.2, 0.25) is 0 Å². The maximum absolute atomic E-state index is 8.97. The van der Waals surface area contributed by atoms with Crippen molar-refractivity contribution in [3.05, 3.63) is 181 Å². The molecule has 240 valence electrons. The van der Waals surface area contributed by atoms with Gasteiger partial charge in [-0.15, -0.1) is 0 Å². The number of amidine groups is 1. The molecule has 0 saturated carbocycles. The van der Waals surface area contributed by atoms with Crippen LogP contribution in [-0.2, 0) is 0 Å². The summed E-state index contributed by atoms with van der Waals surface area (Å²) in [5, 5.41) is 14.8. The molecule has 0 unspecified atom stereocenters. The first kappa shape index (κ1) is 28.9. The molecule has 7 aromatic carbocycles. The summed E-state index contributed by atoms with van der Waals surface area (Å²) in [5.74, 6) is 0.135. The van der Waals surface area contributed by atoms with Crippen molar-refractivity contribution in [1.82, 2.24) is 19.1 Å². The quantitative estimate of drug-likeness (QED) is 0.144. The second-order valence-electron chi connectivity index (χ2n) is 12.8. The average Bonchev–Trinajstić information content (AvgIpc) is 3.69. The number of para-hydroxylation sites is 4. The van der Waals surface area contributed by atoms with Gasteiger partial charge in [0.05, 0.1) is 33.3 Å². The molecule has 3 aromatic heterocycles. The topological polar surface area (TPSA) is 74.8 Å². The lowest BCUT2D eigenvalue weighted by Crippen LogP contribution is -2.17. The monoisotopic (exact) mass is 654 g/mol. The van der Waals surface area contributed by atoms with Crippen LogP contribution in [0.3, 0.4) is 0 Å². The summed E-state index contributed by atoms with van der Waals surface area (Å²) in [6.45, 7) is 0. The van der Waals surface area contributed by atoms with E-state index in [1.807, 2.05) is 60.7 Å². The van der Waals surface area contributed by atoms with Gasteiger partial charge in [0.15, 0.2) is 5.84 Å². The van der Waals surface area contributed by atoms with Crippen molar-refractivity contribution in [2.45, 2.75) is 0 Å². The molecule has 0 saturated heterocycles. The zero-order valence-electron chi connectivity index (χ0n) is 27.5. The minimum Gasteiger partial charge on any atom is -0.323 e. The van der Waals surface area contributed by atoms with Gasteiger partial charge in [0.25, 0.3) is 0 Å². The van der Waals surface area contributed by atoms with Crippen LogP contribution in [0.1, 0.15) is 5.56 Å². The highest BCUT2D eigenvalue weighted by Gasteiger charge is 2.18. The van der Waals surface area contributed by atoms with Crippen LogP contribution in [-0.4, -0.2) is 24.9 Å². The molecule has 10 aromatic rings. The lowest BCUT2D eigenvalue weighted by atomic mass is 10.1. The molecular formula is C45H30N6. The third-order valence-corrected chi connectivity index (χ3v) is 9.79. The van der Waals surface area contributed by atoms with Gasteiger partial charge in [-0.25, -0.2) is 4.98 Å². The summed E-state index contributed by atoms with van der Waals surface area (Å²) in [5.41, 5.74) is 10.6. The van der Waals surface area contributed by atoms with E-state index in [0.29, 0.717) is 11.2 Å². The van der Waals surface area contributed by atoms with E-state index < -0.39 is 0 Å². The van der Waals surface area contributed by atoms with Crippen LogP contribution in [0.4, 0.5) is 0 Å². The molecule has 0 atom stereocenters. The molecule has 0 aliphatic carbocycles. The Labute approximate surface area is 292 Å². The van der Waals surface area contributed by atoms with Crippen molar-refractivity contribution in [1.29, 1.82) is 5.41 Å². The number of rotatable bonds is 4. The highest BCUT2D eigenvalue weighted by Crippen LogP contribution is 2.39. The van der Waals surface area contributed by atoms with Crippen molar-refractivity contribution in [2.75, 3.05) is 0 Å². The minimum atomic E-state index is 0.135. The Hall–Kier alpha value is -7.05. The first-order valence-corrected chi connectivity index (χ1v) is 17.0. The van der Waals surface area contributed by atoms with Crippen molar-refractivity contribution in [2.24, 2.45) is 4.99 Å². The van der Waals surface area contributed by atoms with E-state index in [4.69, 9.17) is 10.4 Å². The van der Waals surface area contributed by atoms with Gasteiger partial charge >= 0.3 is 0 Å². The van der Waals surface area contributed by atoms with Crippen LogP contribution in [0, 0.1) is 5.41 Å². The van der Waals surface area contributed by atoms with E-state index >= 15 is 0 Å². The molecule has 0 radical (unpaired) electrons. The number of aromatic amines is 1.